The average molecular weight is 267 g/mol. The number of benzene rings is 1. The molecule has 2 rings (SSSR count). The second-order valence-corrected chi connectivity index (χ2v) is 6.26. The summed E-state index contributed by atoms with van der Waals surface area (Å²) in [6.45, 7) is 2.73. The third-order valence-electron chi connectivity index (χ3n) is 3.26. The lowest BCUT2D eigenvalue weighted by Gasteiger charge is -2.26. The zero-order chi connectivity index (χ0) is 12.8. The maximum atomic E-state index is 10.9. The first-order chi connectivity index (χ1) is 8.77. The van der Waals surface area contributed by atoms with Crippen LogP contribution in [-0.2, 0) is 10.8 Å². The van der Waals surface area contributed by atoms with Crippen molar-refractivity contribution < 1.29 is 8.95 Å². The summed E-state index contributed by atoms with van der Waals surface area (Å²) in [6, 6.07) is 8.29. The van der Waals surface area contributed by atoms with Crippen molar-refractivity contribution in [1.82, 2.24) is 5.32 Å². The van der Waals surface area contributed by atoms with Crippen LogP contribution in [0.4, 0.5) is 0 Å². The van der Waals surface area contributed by atoms with Gasteiger partial charge in [0.15, 0.2) is 0 Å². The van der Waals surface area contributed by atoms with Gasteiger partial charge in [0.05, 0.1) is 6.61 Å². The van der Waals surface area contributed by atoms with Gasteiger partial charge in [-0.2, -0.15) is 0 Å². The second kappa shape index (κ2) is 6.90. The molecule has 0 bridgehead atoms. The van der Waals surface area contributed by atoms with Gasteiger partial charge in [0.1, 0.15) is 5.75 Å². The molecule has 2 atom stereocenters. The number of hydrogen-bond donors (Lipinski definition) is 1. The van der Waals surface area contributed by atoms with Crippen molar-refractivity contribution in [1.29, 1.82) is 0 Å². The van der Waals surface area contributed by atoms with Crippen molar-refractivity contribution in [3.8, 4) is 5.75 Å². The fourth-order valence-electron chi connectivity index (χ4n) is 2.30. The highest BCUT2D eigenvalue weighted by molar-refractivity contribution is 7.84. The van der Waals surface area contributed by atoms with Crippen molar-refractivity contribution in [3.63, 3.8) is 0 Å². The SMILES string of the molecule is CS(=O)CCCNCC1CCOc2ccccc21. The Hall–Kier alpha value is -0.870. The molecule has 0 amide bonds. The number of nitrogens with one attached hydrogen (secondary N) is 1. The Morgan fingerprint density at radius 1 is 1.44 bits per heavy atom. The van der Waals surface area contributed by atoms with Crippen molar-refractivity contribution in [2.45, 2.75) is 18.8 Å². The van der Waals surface area contributed by atoms with Gasteiger partial charge in [0.2, 0.25) is 0 Å². The van der Waals surface area contributed by atoms with E-state index in [1.54, 1.807) is 6.26 Å². The first-order valence-electron chi connectivity index (χ1n) is 6.50. The molecule has 1 heterocycles. The minimum absolute atomic E-state index is 0.544. The lowest BCUT2D eigenvalue weighted by atomic mass is 9.93. The molecular formula is C14H21NO2S. The van der Waals surface area contributed by atoms with Crippen molar-refractivity contribution in [3.05, 3.63) is 29.8 Å². The van der Waals surface area contributed by atoms with E-state index in [0.29, 0.717) is 5.92 Å². The molecule has 0 fully saturated rings. The summed E-state index contributed by atoms with van der Waals surface area (Å²) < 4.78 is 16.6. The monoisotopic (exact) mass is 267 g/mol. The van der Waals surface area contributed by atoms with E-state index in [4.69, 9.17) is 4.74 Å². The van der Waals surface area contributed by atoms with Crippen LogP contribution in [0.5, 0.6) is 5.75 Å². The molecule has 1 aromatic rings. The van der Waals surface area contributed by atoms with Crippen LogP contribution in [0.1, 0.15) is 24.3 Å². The minimum Gasteiger partial charge on any atom is -0.493 e. The second-order valence-electron chi connectivity index (χ2n) is 4.71. The molecule has 0 aromatic heterocycles. The Morgan fingerprint density at radius 3 is 3.11 bits per heavy atom. The number of fused-ring (bicyclic) bond motifs is 1. The molecule has 0 saturated carbocycles. The summed E-state index contributed by atoms with van der Waals surface area (Å²) in [5, 5.41) is 3.46. The molecule has 1 aliphatic rings. The summed E-state index contributed by atoms with van der Waals surface area (Å²) in [5.74, 6) is 2.37. The Kier molecular flexibility index (Phi) is 5.20. The molecule has 1 N–H and O–H groups in total. The molecule has 0 saturated heterocycles. The Morgan fingerprint density at radius 2 is 2.28 bits per heavy atom. The number of rotatable bonds is 6. The standard InChI is InChI=1S/C14H21NO2S/c1-18(16)10-4-8-15-11-12-7-9-17-14-6-3-2-5-13(12)14/h2-3,5-6,12,15H,4,7-11H2,1H3. The zero-order valence-electron chi connectivity index (χ0n) is 10.9. The number of hydrogen-bond acceptors (Lipinski definition) is 3. The van der Waals surface area contributed by atoms with Crippen molar-refractivity contribution in [2.75, 3.05) is 31.7 Å². The van der Waals surface area contributed by atoms with Crippen LogP contribution in [0, 0.1) is 0 Å². The summed E-state index contributed by atoms with van der Waals surface area (Å²) in [5.41, 5.74) is 1.32. The Bertz CT molecular complexity index is 409. The normalized spacial score (nSPS) is 19.9. The van der Waals surface area contributed by atoms with Gasteiger partial charge in [0, 0.05) is 35.3 Å². The minimum atomic E-state index is -0.670. The van der Waals surface area contributed by atoms with E-state index >= 15 is 0 Å². The van der Waals surface area contributed by atoms with Crippen molar-refractivity contribution >= 4 is 10.8 Å². The molecule has 2 unspecified atom stereocenters. The Balaban J connectivity index is 1.79. The van der Waals surface area contributed by atoms with Crippen LogP contribution in [-0.4, -0.2) is 35.9 Å². The quantitative estimate of drug-likeness (QED) is 0.800. The van der Waals surface area contributed by atoms with E-state index in [0.717, 1.165) is 44.0 Å². The third kappa shape index (κ3) is 3.82. The van der Waals surface area contributed by atoms with Gasteiger partial charge in [0.25, 0.3) is 0 Å². The molecule has 1 aromatic carbocycles. The molecule has 0 radical (unpaired) electrons. The van der Waals surface area contributed by atoms with Crippen LogP contribution in [0.2, 0.25) is 0 Å². The summed E-state index contributed by atoms with van der Waals surface area (Å²) in [6.07, 6.45) is 3.81. The summed E-state index contributed by atoms with van der Waals surface area (Å²) in [7, 11) is -0.670. The van der Waals surface area contributed by atoms with Crippen LogP contribution in [0.3, 0.4) is 0 Å². The van der Waals surface area contributed by atoms with Gasteiger partial charge < -0.3 is 10.1 Å². The molecule has 0 aliphatic carbocycles. The number of para-hydroxylation sites is 1. The molecule has 100 valence electrons. The molecule has 3 nitrogen and oxygen atoms in total. The van der Waals surface area contributed by atoms with Gasteiger partial charge in [-0.1, -0.05) is 18.2 Å². The third-order valence-corrected chi connectivity index (χ3v) is 4.12. The smallest absolute Gasteiger partial charge is 0.122 e. The molecular weight excluding hydrogens is 246 g/mol. The maximum Gasteiger partial charge on any atom is 0.122 e. The Labute approximate surface area is 111 Å². The van der Waals surface area contributed by atoms with Crippen LogP contribution >= 0.6 is 0 Å². The fraction of sp³-hybridized carbons (Fsp3) is 0.571. The number of ether oxygens (including phenoxy) is 1. The van der Waals surface area contributed by atoms with Gasteiger partial charge in [-0.25, -0.2) is 0 Å². The summed E-state index contributed by atoms with van der Waals surface area (Å²) >= 11 is 0. The molecule has 4 heteroatoms. The van der Waals surface area contributed by atoms with Gasteiger partial charge >= 0.3 is 0 Å². The highest BCUT2D eigenvalue weighted by Crippen LogP contribution is 2.32. The molecule has 18 heavy (non-hydrogen) atoms. The fourth-order valence-corrected chi connectivity index (χ4v) is 2.86. The lowest BCUT2D eigenvalue weighted by molar-refractivity contribution is 0.265. The molecule has 0 spiro atoms. The van der Waals surface area contributed by atoms with Crippen LogP contribution < -0.4 is 10.1 Å². The average Bonchev–Trinajstić information content (AvgIpc) is 2.38. The predicted octanol–water partition coefficient (Wildman–Crippen LogP) is 1.91. The first kappa shape index (κ1) is 13.6. The van der Waals surface area contributed by atoms with Gasteiger partial charge in [-0.15, -0.1) is 0 Å². The van der Waals surface area contributed by atoms with Gasteiger partial charge in [-0.3, -0.25) is 4.21 Å². The highest BCUT2D eigenvalue weighted by Gasteiger charge is 2.20. The van der Waals surface area contributed by atoms with Crippen LogP contribution in [0.15, 0.2) is 24.3 Å². The topological polar surface area (TPSA) is 38.3 Å². The zero-order valence-corrected chi connectivity index (χ0v) is 11.7. The van der Waals surface area contributed by atoms with E-state index in [1.807, 2.05) is 12.1 Å². The van der Waals surface area contributed by atoms with Crippen molar-refractivity contribution in [2.24, 2.45) is 0 Å². The summed E-state index contributed by atoms with van der Waals surface area (Å²) in [4.78, 5) is 0. The van der Waals surface area contributed by atoms with E-state index < -0.39 is 10.8 Å². The lowest BCUT2D eigenvalue weighted by Crippen LogP contribution is -2.27. The predicted molar refractivity (Wildman–Crippen MR) is 75.7 cm³/mol. The highest BCUT2D eigenvalue weighted by atomic mass is 32.2. The molecule has 1 aliphatic heterocycles. The van der Waals surface area contributed by atoms with E-state index in [9.17, 15) is 4.21 Å². The van der Waals surface area contributed by atoms with E-state index in [2.05, 4.69) is 17.4 Å². The largest absolute Gasteiger partial charge is 0.493 e. The van der Waals surface area contributed by atoms with E-state index in [1.165, 1.54) is 5.56 Å². The maximum absolute atomic E-state index is 10.9. The first-order valence-corrected chi connectivity index (χ1v) is 8.22. The van der Waals surface area contributed by atoms with Crippen LogP contribution in [0.25, 0.3) is 0 Å². The van der Waals surface area contributed by atoms with Gasteiger partial charge in [-0.05, 0) is 31.0 Å². The van der Waals surface area contributed by atoms with E-state index in [-0.39, 0.29) is 0 Å².